The van der Waals surface area contributed by atoms with Crippen molar-refractivity contribution in [3.63, 3.8) is 0 Å². The van der Waals surface area contributed by atoms with Crippen molar-refractivity contribution < 1.29 is 9.53 Å². The lowest BCUT2D eigenvalue weighted by molar-refractivity contribution is 0.0769. The molecule has 2 aromatic rings. The van der Waals surface area contributed by atoms with Crippen molar-refractivity contribution >= 4 is 28.8 Å². The minimum Gasteiger partial charge on any atom is -0.492 e. The van der Waals surface area contributed by atoms with Crippen LogP contribution in [0.4, 0.5) is 0 Å². The van der Waals surface area contributed by atoms with Crippen LogP contribution < -0.4 is 4.74 Å². The van der Waals surface area contributed by atoms with Gasteiger partial charge in [-0.15, -0.1) is 11.3 Å². The number of rotatable bonds is 5. The van der Waals surface area contributed by atoms with Gasteiger partial charge in [-0.2, -0.15) is 0 Å². The SMILES string of the molecule is CN(CCOc1ccc(Cl)cc1)C(=O)c1cscn1. The van der Waals surface area contributed by atoms with E-state index in [-0.39, 0.29) is 5.91 Å². The van der Waals surface area contributed by atoms with E-state index in [1.807, 2.05) is 0 Å². The largest absolute Gasteiger partial charge is 0.492 e. The Morgan fingerprint density at radius 1 is 1.42 bits per heavy atom. The summed E-state index contributed by atoms with van der Waals surface area (Å²) in [6.45, 7) is 0.924. The first kappa shape index (κ1) is 13.8. The van der Waals surface area contributed by atoms with Crippen molar-refractivity contribution in [2.24, 2.45) is 0 Å². The third kappa shape index (κ3) is 3.94. The standard InChI is InChI=1S/C13H13ClN2O2S/c1-16(13(17)12-8-19-9-15-12)6-7-18-11-4-2-10(14)3-5-11/h2-5,8-9H,6-7H2,1H3. The Balaban J connectivity index is 1.79. The highest BCUT2D eigenvalue weighted by Gasteiger charge is 2.13. The second kappa shape index (κ2) is 6.54. The number of hydrogen-bond acceptors (Lipinski definition) is 4. The second-order valence-corrected chi connectivity index (χ2v) is 5.06. The van der Waals surface area contributed by atoms with E-state index in [2.05, 4.69) is 4.98 Å². The molecular formula is C13H13ClN2O2S. The fraction of sp³-hybridized carbons (Fsp3) is 0.231. The van der Waals surface area contributed by atoms with E-state index in [1.165, 1.54) is 11.3 Å². The summed E-state index contributed by atoms with van der Waals surface area (Å²) in [7, 11) is 1.73. The summed E-state index contributed by atoms with van der Waals surface area (Å²) in [5.41, 5.74) is 2.12. The van der Waals surface area contributed by atoms with Gasteiger partial charge < -0.3 is 9.64 Å². The van der Waals surface area contributed by atoms with Gasteiger partial charge in [0.25, 0.3) is 5.91 Å². The highest BCUT2D eigenvalue weighted by atomic mass is 35.5. The summed E-state index contributed by atoms with van der Waals surface area (Å²) < 4.78 is 5.53. The maximum absolute atomic E-state index is 11.9. The van der Waals surface area contributed by atoms with Crippen LogP contribution in [-0.4, -0.2) is 36.0 Å². The molecule has 0 spiro atoms. The molecule has 0 bridgehead atoms. The average molecular weight is 297 g/mol. The number of amides is 1. The van der Waals surface area contributed by atoms with E-state index in [0.29, 0.717) is 23.9 Å². The lowest BCUT2D eigenvalue weighted by Gasteiger charge is -2.16. The number of likely N-dealkylation sites (N-methyl/N-ethyl adjacent to an activating group) is 1. The van der Waals surface area contributed by atoms with Gasteiger partial charge in [0, 0.05) is 17.5 Å². The average Bonchev–Trinajstić information content (AvgIpc) is 2.94. The summed E-state index contributed by atoms with van der Waals surface area (Å²) in [6, 6.07) is 7.12. The van der Waals surface area contributed by atoms with Crippen LogP contribution in [0.15, 0.2) is 35.2 Å². The minimum atomic E-state index is -0.0963. The molecule has 2 rings (SSSR count). The third-order valence-corrected chi connectivity index (χ3v) is 3.35. The van der Waals surface area contributed by atoms with Crippen molar-refractivity contribution in [1.82, 2.24) is 9.88 Å². The van der Waals surface area contributed by atoms with Crippen molar-refractivity contribution in [2.75, 3.05) is 20.2 Å². The van der Waals surface area contributed by atoms with E-state index in [0.717, 1.165) is 5.75 Å². The Labute approximate surface area is 120 Å². The molecule has 1 amide bonds. The molecule has 6 heteroatoms. The number of benzene rings is 1. The quantitative estimate of drug-likeness (QED) is 0.852. The lowest BCUT2D eigenvalue weighted by Crippen LogP contribution is -2.31. The van der Waals surface area contributed by atoms with Gasteiger partial charge in [0.2, 0.25) is 0 Å². The van der Waals surface area contributed by atoms with Gasteiger partial charge in [-0.05, 0) is 24.3 Å². The third-order valence-electron chi connectivity index (χ3n) is 2.51. The van der Waals surface area contributed by atoms with Crippen molar-refractivity contribution in [3.8, 4) is 5.75 Å². The minimum absolute atomic E-state index is 0.0963. The van der Waals surface area contributed by atoms with E-state index >= 15 is 0 Å². The fourth-order valence-electron chi connectivity index (χ4n) is 1.45. The van der Waals surface area contributed by atoms with Crippen LogP contribution in [0.3, 0.4) is 0 Å². The predicted octanol–water partition coefficient (Wildman–Crippen LogP) is 2.95. The van der Waals surface area contributed by atoms with Crippen LogP contribution in [0.25, 0.3) is 0 Å². The summed E-state index contributed by atoms with van der Waals surface area (Å²) >= 11 is 7.19. The Morgan fingerprint density at radius 3 is 2.79 bits per heavy atom. The van der Waals surface area contributed by atoms with Crippen LogP contribution in [-0.2, 0) is 0 Å². The van der Waals surface area contributed by atoms with Gasteiger partial charge in [-0.3, -0.25) is 4.79 Å². The highest BCUT2D eigenvalue weighted by molar-refractivity contribution is 7.07. The zero-order valence-corrected chi connectivity index (χ0v) is 11.9. The molecule has 0 radical (unpaired) electrons. The highest BCUT2D eigenvalue weighted by Crippen LogP contribution is 2.15. The van der Waals surface area contributed by atoms with Gasteiger partial charge in [0.15, 0.2) is 0 Å². The normalized spacial score (nSPS) is 10.2. The number of halogens is 1. The van der Waals surface area contributed by atoms with E-state index in [9.17, 15) is 4.79 Å². The maximum Gasteiger partial charge on any atom is 0.273 e. The molecule has 0 atom stereocenters. The van der Waals surface area contributed by atoms with E-state index in [4.69, 9.17) is 16.3 Å². The monoisotopic (exact) mass is 296 g/mol. The van der Waals surface area contributed by atoms with E-state index < -0.39 is 0 Å². The molecule has 0 saturated heterocycles. The first-order valence-corrected chi connectivity index (χ1v) is 7.01. The van der Waals surface area contributed by atoms with Crippen LogP contribution in [0.5, 0.6) is 5.75 Å². The summed E-state index contributed by atoms with van der Waals surface area (Å²) in [5.74, 6) is 0.639. The van der Waals surface area contributed by atoms with Crippen molar-refractivity contribution in [2.45, 2.75) is 0 Å². The Morgan fingerprint density at radius 2 is 2.16 bits per heavy atom. The molecule has 0 aliphatic carbocycles. The summed E-state index contributed by atoms with van der Waals surface area (Å²) in [4.78, 5) is 17.5. The number of nitrogens with zero attached hydrogens (tertiary/aromatic N) is 2. The molecule has 0 saturated carbocycles. The molecule has 0 N–H and O–H groups in total. The zero-order valence-electron chi connectivity index (χ0n) is 10.4. The Bertz CT molecular complexity index is 528. The van der Waals surface area contributed by atoms with Crippen LogP contribution in [0.2, 0.25) is 5.02 Å². The molecule has 1 aromatic heterocycles. The molecule has 0 aliphatic heterocycles. The number of aromatic nitrogens is 1. The van der Waals surface area contributed by atoms with Crippen LogP contribution in [0, 0.1) is 0 Å². The predicted molar refractivity (Wildman–Crippen MR) is 76.0 cm³/mol. The number of hydrogen-bond donors (Lipinski definition) is 0. The summed E-state index contributed by atoms with van der Waals surface area (Å²) in [5, 5.41) is 2.40. The number of ether oxygens (including phenoxy) is 1. The van der Waals surface area contributed by atoms with Crippen molar-refractivity contribution in [1.29, 1.82) is 0 Å². The van der Waals surface area contributed by atoms with Crippen LogP contribution >= 0.6 is 22.9 Å². The topological polar surface area (TPSA) is 42.4 Å². The molecule has 4 nitrogen and oxygen atoms in total. The fourth-order valence-corrected chi connectivity index (χ4v) is 2.10. The Hall–Kier alpha value is -1.59. The maximum atomic E-state index is 11.9. The zero-order chi connectivity index (χ0) is 13.7. The van der Waals surface area contributed by atoms with Gasteiger partial charge >= 0.3 is 0 Å². The lowest BCUT2D eigenvalue weighted by atomic mass is 10.3. The molecule has 1 heterocycles. The van der Waals surface area contributed by atoms with Gasteiger partial charge in [0.05, 0.1) is 12.1 Å². The van der Waals surface area contributed by atoms with Gasteiger partial charge in [0.1, 0.15) is 18.1 Å². The van der Waals surface area contributed by atoms with E-state index in [1.54, 1.807) is 47.1 Å². The smallest absolute Gasteiger partial charge is 0.273 e. The van der Waals surface area contributed by atoms with Crippen LogP contribution in [0.1, 0.15) is 10.5 Å². The molecule has 1 aromatic carbocycles. The van der Waals surface area contributed by atoms with Gasteiger partial charge in [-0.25, -0.2) is 4.98 Å². The molecule has 0 aliphatic rings. The molecule has 0 fully saturated rings. The number of carbonyl (C=O) groups excluding carboxylic acids is 1. The molecular weight excluding hydrogens is 284 g/mol. The molecule has 100 valence electrons. The first-order valence-electron chi connectivity index (χ1n) is 5.69. The number of carbonyl (C=O) groups is 1. The Kier molecular flexibility index (Phi) is 4.76. The molecule has 19 heavy (non-hydrogen) atoms. The number of thiazole rings is 1. The second-order valence-electron chi connectivity index (χ2n) is 3.90. The summed E-state index contributed by atoms with van der Waals surface area (Å²) in [6.07, 6.45) is 0. The van der Waals surface area contributed by atoms with Crippen molar-refractivity contribution in [3.05, 3.63) is 45.9 Å². The first-order chi connectivity index (χ1) is 9.16. The molecule has 0 unspecified atom stereocenters. The van der Waals surface area contributed by atoms with Gasteiger partial charge in [-0.1, -0.05) is 11.6 Å².